The van der Waals surface area contributed by atoms with E-state index in [9.17, 15) is 19.2 Å². The van der Waals surface area contributed by atoms with Crippen LogP contribution in [-0.2, 0) is 25.5 Å². The molecule has 2 aliphatic heterocycles. The number of nitrogens with zero attached hydrogens (tertiary/aromatic N) is 1. The van der Waals surface area contributed by atoms with Crippen molar-refractivity contribution in [2.24, 2.45) is 11.7 Å². The quantitative estimate of drug-likeness (QED) is 0.538. The topological polar surface area (TPSA) is 131 Å². The lowest BCUT2D eigenvalue weighted by Crippen LogP contribution is -2.56. The van der Waals surface area contributed by atoms with Gasteiger partial charge in [0, 0.05) is 19.0 Å². The number of nitrogens with two attached hydrogens (primary N) is 1. The molecule has 4 unspecified atom stereocenters. The minimum absolute atomic E-state index is 0.0835. The molecule has 0 radical (unpaired) electrons. The molecule has 2 fully saturated rings. The SMILES string of the molecule is NC(=O)OC1CCCCC/C=C/C2CC2(C(=O)NCCc2ccccc2)NC(=O)C2CCCN2C1=O. The minimum Gasteiger partial charge on any atom is -0.436 e. The molecular weight excluding hydrogens is 460 g/mol. The van der Waals surface area contributed by atoms with Gasteiger partial charge >= 0.3 is 6.09 Å². The van der Waals surface area contributed by atoms with E-state index in [1.54, 1.807) is 0 Å². The van der Waals surface area contributed by atoms with Crippen LogP contribution in [0.2, 0.25) is 0 Å². The summed E-state index contributed by atoms with van der Waals surface area (Å²) in [6.45, 7) is 0.867. The maximum atomic E-state index is 13.4. The summed E-state index contributed by atoms with van der Waals surface area (Å²) in [5, 5.41) is 6.01. The fraction of sp³-hybridized carbons (Fsp3) is 0.556. The number of carbonyl (C=O) groups is 4. The highest BCUT2D eigenvalue weighted by atomic mass is 16.6. The third-order valence-corrected chi connectivity index (χ3v) is 7.39. The minimum atomic E-state index is -1.01. The summed E-state index contributed by atoms with van der Waals surface area (Å²) in [6, 6.07) is 9.20. The Hall–Kier alpha value is -3.36. The largest absolute Gasteiger partial charge is 0.436 e. The van der Waals surface area contributed by atoms with E-state index in [2.05, 4.69) is 16.7 Å². The monoisotopic (exact) mass is 496 g/mol. The van der Waals surface area contributed by atoms with Crippen LogP contribution in [0.15, 0.2) is 42.5 Å². The van der Waals surface area contributed by atoms with Gasteiger partial charge in [0.15, 0.2) is 6.10 Å². The molecule has 1 saturated carbocycles. The van der Waals surface area contributed by atoms with E-state index in [0.717, 1.165) is 24.8 Å². The first-order valence-electron chi connectivity index (χ1n) is 13.0. The Morgan fingerprint density at radius 2 is 1.92 bits per heavy atom. The molecule has 9 heteroatoms. The van der Waals surface area contributed by atoms with E-state index in [0.29, 0.717) is 51.6 Å². The van der Waals surface area contributed by atoms with Gasteiger partial charge in [-0.3, -0.25) is 14.4 Å². The first-order valence-corrected chi connectivity index (χ1v) is 13.0. The van der Waals surface area contributed by atoms with Crippen LogP contribution < -0.4 is 16.4 Å². The van der Waals surface area contributed by atoms with Crippen molar-refractivity contribution in [1.29, 1.82) is 0 Å². The number of ether oxygens (including phenoxy) is 1. The number of carbonyl (C=O) groups excluding carboxylic acids is 4. The van der Waals surface area contributed by atoms with Gasteiger partial charge in [-0.2, -0.15) is 0 Å². The molecule has 1 aliphatic carbocycles. The first-order chi connectivity index (χ1) is 17.4. The van der Waals surface area contributed by atoms with Crippen LogP contribution in [0.3, 0.4) is 0 Å². The molecular formula is C27H36N4O5. The molecule has 194 valence electrons. The van der Waals surface area contributed by atoms with E-state index in [-0.39, 0.29) is 17.7 Å². The summed E-state index contributed by atoms with van der Waals surface area (Å²) >= 11 is 0. The Labute approximate surface area is 211 Å². The Morgan fingerprint density at radius 1 is 1.11 bits per heavy atom. The van der Waals surface area contributed by atoms with E-state index < -0.39 is 29.7 Å². The smallest absolute Gasteiger partial charge is 0.405 e. The third kappa shape index (κ3) is 6.06. The summed E-state index contributed by atoms with van der Waals surface area (Å²) in [6.07, 6.45) is 8.17. The van der Waals surface area contributed by atoms with Crippen molar-refractivity contribution in [2.75, 3.05) is 13.1 Å². The van der Waals surface area contributed by atoms with E-state index in [4.69, 9.17) is 10.5 Å². The molecule has 4 rings (SSSR count). The van der Waals surface area contributed by atoms with E-state index >= 15 is 0 Å². The number of hydrogen-bond donors (Lipinski definition) is 3. The van der Waals surface area contributed by atoms with Gasteiger partial charge < -0.3 is 26.0 Å². The average molecular weight is 497 g/mol. The Balaban J connectivity index is 1.48. The summed E-state index contributed by atoms with van der Waals surface area (Å²) in [5.74, 6) is -1.02. The second kappa shape index (κ2) is 11.6. The Bertz CT molecular complexity index is 997. The summed E-state index contributed by atoms with van der Waals surface area (Å²) in [5.41, 5.74) is 5.34. The van der Waals surface area contributed by atoms with Gasteiger partial charge in [-0.05, 0) is 56.9 Å². The van der Waals surface area contributed by atoms with Crippen LogP contribution in [0.4, 0.5) is 4.79 Å². The zero-order valence-electron chi connectivity index (χ0n) is 20.6. The summed E-state index contributed by atoms with van der Waals surface area (Å²) in [7, 11) is 0. The second-order valence-corrected chi connectivity index (χ2v) is 9.94. The molecule has 1 aromatic rings. The van der Waals surface area contributed by atoms with Gasteiger partial charge in [0.1, 0.15) is 11.6 Å². The molecule has 4 atom stereocenters. The maximum absolute atomic E-state index is 13.4. The van der Waals surface area contributed by atoms with Gasteiger partial charge in [-0.25, -0.2) is 4.79 Å². The number of hydrogen-bond acceptors (Lipinski definition) is 5. The summed E-state index contributed by atoms with van der Waals surface area (Å²) < 4.78 is 5.14. The molecule has 36 heavy (non-hydrogen) atoms. The first kappa shape index (κ1) is 25.7. The van der Waals surface area contributed by atoms with Crippen LogP contribution in [0.1, 0.15) is 56.9 Å². The number of amides is 4. The highest BCUT2D eigenvalue weighted by molar-refractivity contribution is 5.98. The van der Waals surface area contributed by atoms with Gasteiger partial charge in [0.25, 0.3) is 5.91 Å². The predicted molar refractivity (Wildman–Crippen MR) is 134 cm³/mol. The molecule has 9 nitrogen and oxygen atoms in total. The number of nitrogens with one attached hydrogen (secondary N) is 2. The van der Waals surface area contributed by atoms with Crippen LogP contribution in [-0.4, -0.2) is 59.5 Å². The maximum Gasteiger partial charge on any atom is 0.405 e. The highest BCUT2D eigenvalue weighted by Crippen LogP contribution is 2.45. The second-order valence-electron chi connectivity index (χ2n) is 9.94. The molecule has 4 N–H and O–H groups in total. The number of fused-ring (bicyclic) bond motifs is 2. The molecule has 1 saturated heterocycles. The lowest BCUT2D eigenvalue weighted by atomic mass is 10.1. The third-order valence-electron chi connectivity index (χ3n) is 7.39. The molecule has 0 bridgehead atoms. The molecule has 0 spiro atoms. The van der Waals surface area contributed by atoms with Crippen molar-refractivity contribution >= 4 is 23.8 Å². The van der Waals surface area contributed by atoms with Gasteiger partial charge in [-0.15, -0.1) is 0 Å². The number of rotatable bonds is 5. The van der Waals surface area contributed by atoms with Gasteiger partial charge in [0.2, 0.25) is 11.8 Å². The predicted octanol–water partition coefficient (Wildman–Crippen LogP) is 2.20. The molecule has 1 aromatic carbocycles. The zero-order chi connectivity index (χ0) is 25.5. The zero-order valence-corrected chi connectivity index (χ0v) is 20.6. The average Bonchev–Trinajstić information content (AvgIpc) is 3.32. The standard InChI is InChI=1S/C27H36N4O5/c28-26(35)36-22-14-8-3-1-2-7-12-20-18-27(20,25(34)29-16-15-19-10-5-4-6-11-19)30-23(32)21-13-9-17-31(21)24(22)33/h4-7,10-12,20-22H,1-3,8-9,13-18H2,(H2,28,35)(H,29,34)(H,30,32)/b12-7+. The highest BCUT2D eigenvalue weighted by Gasteiger charge is 2.60. The molecule has 4 amide bonds. The van der Waals surface area contributed by atoms with Crippen LogP contribution >= 0.6 is 0 Å². The van der Waals surface area contributed by atoms with Crippen LogP contribution in [0, 0.1) is 5.92 Å². The number of benzene rings is 1. The van der Waals surface area contributed by atoms with Gasteiger partial charge in [0.05, 0.1) is 0 Å². The summed E-state index contributed by atoms with van der Waals surface area (Å²) in [4.78, 5) is 52.9. The number of primary amides is 1. The van der Waals surface area contributed by atoms with Crippen molar-refractivity contribution < 1.29 is 23.9 Å². The Kier molecular flexibility index (Phi) is 8.28. The molecule has 3 aliphatic rings. The van der Waals surface area contributed by atoms with Crippen molar-refractivity contribution in [2.45, 2.75) is 75.5 Å². The van der Waals surface area contributed by atoms with E-state index in [1.807, 2.05) is 36.4 Å². The van der Waals surface area contributed by atoms with Crippen LogP contribution in [0.25, 0.3) is 0 Å². The van der Waals surface area contributed by atoms with Crippen molar-refractivity contribution in [3.63, 3.8) is 0 Å². The van der Waals surface area contributed by atoms with Crippen LogP contribution in [0.5, 0.6) is 0 Å². The number of allylic oxidation sites excluding steroid dienone is 1. The van der Waals surface area contributed by atoms with Crippen molar-refractivity contribution in [3.05, 3.63) is 48.0 Å². The lowest BCUT2D eigenvalue weighted by Gasteiger charge is -2.29. The molecule has 0 aromatic heterocycles. The van der Waals surface area contributed by atoms with Crippen molar-refractivity contribution in [1.82, 2.24) is 15.5 Å². The fourth-order valence-electron chi connectivity index (χ4n) is 5.30. The van der Waals surface area contributed by atoms with Gasteiger partial charge in [-0.1, -0.05) is 48.9 Å². The molecule has 2 heterocycles. The Morgan fingerprint density at radius 3 is 2.69 bits per heavy atom. The normalized spacial score (nSPS) is 29.6. The fourth-order valence-corrected chi connectivity index (χ4v) is 5.30. The lowest BCUT2D eigenvalue weighted by molar-refractivity contribution is -0.146. The van der Waals surface area contributed by atoms with E-state index in [1.165, 1.54) is 4.90 Å². The van der Waals surface area contributed by atoms with Crippen molar-refractivity contribution in [3.8, 4) is 0 Å².